The molecule has 1 heterocycles. The van der Waals surface area contributed by atoms with Crippen LogP contribution in [0.15, 0.2) is 36.7 Å². The Morgan fingerprint density at radius 3 is 2.68 bits per heavy atom. The van der Waals surface area contributed by atoms with Crippen molar-refractivity contribution in [2.75, 3.05) is 0 Å². The topological polar surface area (TPSA) is 24.9 Å². The minimum Gasteiger partial charge on any atom is -0.310 e. The summed E-state index contributed by atoms with van der Waals surface area (Å²) >= 11 is 0. The molecule has 0 radical (unpaired) electrons. The molecule has 1 fully saturated rings. The fraction of sp³-hybridized carbons (Fsp3) is 0.267. The number of nitrogens with zero attached hydrogens (tertiary/aromatic N) is 1. The van der Waals surface area contributed by atoms with Gasteiger partial charge in [0.2, 0.25) is 0 Å². The number of benzene rings is 1. The van der Waals surface area contributed by atoms with Crippen LogP contribution < -0.4 is 5.32 Å². The van der Waals surface area contributed by atoms with Gasteiger partial charge in [-0.05, 0) is 42.2 Å². The van der Waals surface area contributed by atoms with E-state index in [0.29, 0.717) is 23.7 Å². The Hall–Kier alpha value is -1.81. The van der Waals surface area contributed by atoms with Gasteiger partial charge in [0.05, 0.1) is 6.20 Å². The number of hydrogen-bond donors (Lipinski definition) is 1. The number of halogens is 2. The van der Waals surface area contributed by atoms with Crippen LogP contribution in [-0.4, -0.2) is 11.0 Å². The van der Waals surface area contributed by atoms with Crippen LogP contribution in [0.2, 0.25) is 0 Å². The SMILES string of the molecule is Fc1cncc(-c2cc(F)ccc2CNC2CC2)c1. The Balaban J connectivity index is 1.94. The van der Waals surface area contributed by atoms with Crippen LogP contribution in [0.5, 0.6) is 0 Å². The van der Waals surface area contributed by atoms with Crippen LogP contribution in [0.3, 0.4) is 0 Å². The lowest BCUT2D eigenvalue weighted by molar-refractivity contribution is 0.620. The molecule has 1 N–H and O–H groups in total. The summed E-state index contributed by atoms with van der Waals surface area (Å²) in [4.78, 5) is 3.82. The molecule has 0 atom stereocenters. The van der Waals surface area contributed by atoms with Gasteiger partial charge in [-0.3, -0.25) is 4.98 Å². The molecule has 0 bridgehead atoms. The quantitative estimate of drug-likeness (QED) is 0.912. The molecule has 0 spiro atoms. The zero-order valence-corrected chi connectivity index (χ0v) is 10.4. The van der Waals surface area contributed by atoms with Crippen LogP contribution in [0.25, 0.3) is 11.1 Å². The minimum atomic E-state index is -0.414. The number of nitrogens with one attached hydrogen (secondary N) is 1. The highest BCUT2D eigenvalue weighted by molar-refractivity contribution is 5.66. The van der Waals surface area contributed by atoms with E-state index >= 15 is 0 Å². The Bertz CT molecular complexity index is 594. The fourth-order valence-electron chi connectivity index (χ4n) is 2.07. The average Bonchev–Trinajstić information content (AvgIpc) is 3.21. The van der Waals surface area contributed by atoms with Gasteiger partial charge in [-0.25, -0.2) is 8.78 Å². The van der Waals surface area contributed by atoms with E-state index in [1.54, 1.807) is 12.3 Å². The summed E-state index contributed by atoms with van der Waals surface area (Å²) in [7, 11) is 0. The monoisotopic (exact) mass is 260 g/mol. The lowest BCUT2D eigenvalue weighted by Crippen LogP contribution is -2.16. The summed E-state index contributed by atoms with van der Waals surface area (Å²) in [5.74, 6) is -0.739. The third-order valence-corrected chi connectivity index (χ3v) is 3.25. The summed E-state index contributed by atoms with van der Waals surface area (Å²) in [6.45, 7) is 0.663. The summed E-state index contributed by atoms with van der Waals surface area (Å²) in [6.07, 6.45) is 5.08. The minimum absolute atomic E-state index is 0.325. The van der Waals surface area contributed by atoms with Crippen LogP contribution in [0, 0.1) is 11.6 Å². The van der Waals surface area contributed by atoms with Gasteiger partial charge in [0.25, 0.3) is 0 Å². The van der Waals surface area contributed by atoms with E-state index in [9.17, 15) is 8.78 Å². The number of aromatic nitrogens is 1. The van der Waals surface area contributed by atoms with Gasteiger partial charge < -0.3 is 5.32 Å². The third-order valence-electron chi connectivity index (χ3n) is 3.25. The Morgan fingerprint density at radius 1 is 1.11 bits per heavy atom. The van der Waals surface area contributed by atoms with Crippen molar-refractivity contribution in [2.45, 2.75) is 25.4 Å². The molecule has 1 aromatic carbocycles. The second-order valence-electron chi connectivity index (χ2n) is 4.85. The number of hydrogen-bond acceptors (Lipinski definition) is 2. The van der Waals surface area contributed by atoms with Crippen molar-refractivity contribution in [3.05, 3.63) is 53.9 Å². The van der Waals surface area contributed by atoms with Crippen molar-refractivity contribution in [2.24, 2.45) is 0 Å². The van der Waals surface area contributed by atoms with Crippen molar-refractivity contribution in [3.63, 3.8) is 0 Å². The Labute approximate surface area is 110 Å². The third kappa shape index (κ3) is 2.96. The van der Waals surface area contributed by atoms with Crippen molar-refractivity contribution in [1.82, 2.24) is 10.3 Å². The highest BCUT2D eigenvalue weighted by Crippen LogP contribution is 2.26. The van der Waals surface area contributed by atoms with Gasteiger partial charge in [-0.1, -0.05) is 6.07 Å². The summed E-state index contributed by atoms with van der Waals surface area (Å²) in [6, 6.07) is 6.55. The Morgan fingerprint density at radius 2 is 1.95 bits per heavy atom. The summed E-state index contributed by atoms with van der Waals surface area (Å²) in [5, 5.41) is 3.38. The van der Waals surface area contributed by atoms with Crippen molar-refractivity contribution >= 4 is 0 Å². The maximum Gasteiger partial charge on any atom is 0.142 e. The zero-order valence-electron chi connectivity index (χ0n) is 10.4. The van der Waals surface area contributed by atoms with Gasteiger partial charge >= 0.3 is 0 Å². The second kappa shape index (κ2) is 5.05. The first-order valence-corrected chi connectivity index (χ1v) is 6.35. The predicted octanol–water partition coefficient (Wildman–Crippen LogP) is 3.28. The summed E-state index contributed by atoms with van der Waals surface area (Å²) < 4.78 is 26.6. The summed E-state index contributed by atoms with van der Waals surface area (Å²) in [5.41, 5.74) is 2.26. The fourth-order valence-corrected chi connectivity index (χ4v) is 2.07. The molecule has 4 heteroatoms. The van der Waals surface area contributed by atoms with E-state index in [0.717, 1.165) is 11.8 Å². The van der Waals surface area contributed by atoms with Gasteiger partial charge in [-0.15, -0.1) is 0 Å². The van der Waals surface area contributed by atoms with Gasteiger partial charge in [0.1, 0.15) is 11.6 Å². The largest absolute Gasteiger partial charge is 0.310 e. The first-order valence-electron chi connectivity index (χ1n) is 6.35. The molecule has 3 rings (SSSR count). The first kappa shape index (κ1) is 12.2. The molecule has 19 heavy (non-hydrogen) atoms. The van der Waals surface area contributed by atoms with Gasteiger partial charge in [0, 0.05) is 24.3 Å². The maximum atomic E-state index is 13.4. The van der Waals surface area contributed by atoms with Crippen LogP contribution in [0.1, 0.15) is 18.4 Å². The molecule has 1 aliphatic carbocycles. The molecule has 1 aromatic heterocycles. The van der Waals surface area contributed by atoms with Crippen LogP contribution >= 0.6 is 0 Å². The predicted molar refractivity (Wildman–Crippen MR) is 69.5 cm³/mol. The molecule has 1 aliphatic rings. The molecular weight excluding hydrogens is 246 g/mol. The highest BCUT2D eigenvalue weighted by Gasteiger charge is 2.20. The number of pyridine rings is 1. The smallest absolute Gasteiger partial charge is 0.142 e. The van der Waals surface area contributed by atoms with E-state index < -0.39 is 5.82 Å². The van der Waals surface area contributed by atoms with E-state index in [2.05, 4.69) is 10.3 Å². The van der Waals surface area contributed by atoms with E-state index in [-0.39, 0.29) is 5.82 Å². The molecular formula is C15H14F2N2. The average molecular weight is 260 g/mol. The van der Waals surface area contributed by atoms with Crippen molar-refractivity contribution in [1.29, 1.82) is 0 Å². The van der Waals surface area contributed by atoms with Gasteiger partial charge in [-0.2, -0.15) is 0 Å². The molecule has 0 unspecified atom stereocenters. The molecule has 0 aliphatic heterocycles. The van der Waals surface area contributed by atoms with Crippen molar-refractivity contribution in [3.8, 4) is 11.1 Å². The molecule has 2 nitrogen and oxygen atoms in total. The molecule has 0 amide bonds. The van der Waals surface area contributed by atoms with Crippen LogP contribution in [-0.2, 0) is 6.54 Å². The molecule has 1 saturated carbocycles. The standard InChI is InChI=1S/C15H14F2N2/c16-12-2-1-10(8-19-14-3-4-14)15(6-12)11-5-13(17)9-18-7-11/h1-2,5-7,9,14,19H,3-4,8H2. The van der Waals surface area contributed by atoms with E-state index in [4.69, 9.17) is 0 Å². The second-order valence-corrected chi connectivity index (χ2v) is 4.85. The van der Waals surface area contributed by atoms with Gasteiger partial charge in [0.15, 0.2) is 0 Å². The number of rotatable bonds is 4. The Kier molecular flexibility index (Phi) is 3.25. The highest BCUT2D eigenvalue weighted by atomic mass is 19.1. The molecule has 0 saturated heterocycles. The molecule has 98 valence electrons. The van der Waals surface area contributed by atoms with Crippen molar-refractivity contribution < 1.29 is 8.78 Å². The normalized spacial score (nSPS) is 14.6. The zero-order chi connectivity index (χ0) is 13.2. The lowest BCUT2D eigenvalue weighted by Gasteiger charge is -2.10. The lowest BCUT2D eigenvalue weighted by atomic mass is 10.0. The molecule has 2 aromatic rings. The maximum absolute atomic E-state index is 13.4. The van der Waals surface area contributed by atoms with Crippen LogP contribution in [0.4, 0.5) is 8.78 Å². The first-order chi connectivity index (χ1) is 9.22. The van der Waals surface area contributed by atoms with E-state index in [1.165, 1.54) is 31.0 Å². The van der Waals surface area contributed by atoms with E-state index in [1.807, 2.05) is 0 Å².